The van der Waals surface area contributed by atoms with Crippen molar-refractivity contribution in [1.29, 1.82) is 0 Å². The molecule has 3 heterocycles. The highest BCUT2D eigenvalue weighted by molar-refractivity contribution is 5.78. The SMILES string of the molecule is Cn1c(=O)n(CC(N)=O)c(=O)c2c1nc1n2CCN1c1ccccc1. The Morgan fingerprint density at radius 3 is 2.60 bits per heavy atom. The zero-order valence-corrected chi connectivity index (χ0v) is 13.5. The van der Waals surface area contributed by atoms with Crippen molar-refractivity contribution in [2.24, 2.45) is 12.8 Å². The minimum atomic E-state index is -0.745. The van der Waals surface area contributed by atoms with Gasteiger partial charge in [0.1, 0.15) is 6.54 Å². The van der Waals surface area contributed by atoms with Gasteiger partial charge in [0.05, 0.1) is 0 Å². The van der Waals surface area contributed by atoms with E-state index in [-0.39, 0.29) is 0 Å². The van der Waals surface area contributed by atoms with E-state index >= 15 is 0 Å². The number of carbonyl (C=O) groups is 1. The minimum absolute atomic E-state index is 0.298. The number of carbonyl (C=O) groups excluding carboxylic acids is 1. The number of nitrogens with zero attached hydrogens (tertiary/aromatic N) is 5. The van der Waals surface area contributed by atoms with Crippen molar-refractivity contribution < 1.29 is 4.79 Å². The maximum Gasteiger partial charge on any atom is 0.332 e. The molecule has 128 valence electrons. The van der Waals surface area contributed by atoms with Crippen LogP contribution in [0.5, 0.6) is 0 Å². The second-order valence-electron chi connectivity index (χ2n) is 5.92. The van der Waals surface area contributed by atoms with Gasteiger partial charge < -0.3 is 15.2 Å². The lowest BCUT2D eigenvalue weighted by Crippen LogP contribution is -2.42. The fourth-order valence-electron chi connectivity index (χ4n) is 3.23. The van der Waals surface area contributed by atoms with Crippen molar-refractivity contribution in [2.75, 3.05) is 11.4 Å². The topological polar surface area (TPSA) is 108 Å². The van der Waals surface area contributed by atoms with E-state index in [9.17, 15) is 14.4 Å². The zero-order valence-electron chi connectivity index (χ0n) is 13.5. The van der Waals surface area contributed by atoms with Crippen LogP contribution in [-0.4, -0.2) is 31.1 Å². The number of benzene rings is 1. The predicted molar refractivity (Wildman–Crippen MR) is 91.9 cm³/mol. The molecule has 0 unspecified atom stereocenters. The van der Waals surface area contributed by atoms with Gasteiger partial charge in [0.25, 0.3) is 5.56 Å². The van der Waals surface area contributed by atoms with Gasteiger partial charge in [-0.1, -0.05) is 18.2 Å². The molecule has 1 aliphatic heterocycles. The fourth-order valence-corrected chi connectivity index (χ4v) is 3.23. The molecule has 0 fully saturated rings. The summed E-state index contributed by atoms with van der Waals surface area (Å²) in [5.74, 6) is -0.143. The Hall–Kier alpha value is -3.36. The van der Waals surface area contributed by atoms with Crippen LogP contribution in [-0.2, 0) is 24.9 Å². The largest absolute Gasteiger partial charge is 0.368 e. The number of aromatic nitrogens is 4. The normalized spacial score (nSPS) is 13.4. The second kappa shape index (κ2) is 5.33. The smallest absolute Gasteiger partial charge is 0.332 e. The number of anilines is 2. The lowest BCUT2D eigenvalue weighted by molar-refractivity contribution is -0.118. The number of imidazole rings is 1. The first-order valence-electron chi connectivity index (χ1n) is 7.80. The first-order valence-corrected chi connectivity index (χ1v) is 7.80. The molecule has 0 saturated heterocycles. The van der Waals surface area contributed by atoms with E-state index in [1.54, 1.807) is 4.57 Å². The van der Waals surface area contributed by atoms with Crippen LogP contribution in [0.3, 0.4) is 0 Å². The third kappa shape index (κ3) is 2.16. The molecule has 25 heavy (non-hydrogen) atoms. The summed E-state index contributed by atoms with van der Waals surface area (Å²) >= 11 is 0. The molecular weight excluding hydrogens is 324 g/mol. The fraction of sp³-hybridized carbons (Fsp3) is 0.250. The molecule has 0 bridgehead atoms. The van der Waals surface area contributed by atoms with Crippen LogP contribution in [0.25, 0.3) is 11.2 Å². The van der Waals surface area contributed by atoms with Gasteiger partial charge in [-0.2, -0.15) is 4.98 Å². The van der Waals surface area contributed by atoms with E-state index in [1.165, 1.54) is 11.6 Å². The molecule has 9 heteroatoms. The molecule has 3 aromatic rings. The van der Waals surface area contributed by atoms with Gasteiger partial charge in [0, 0.05) is 25.8 Å². The summed E-state index contributed by atoms with van der Waals surface area (Å²) in [7, 11) is 1.52. The number of hydrogen-bond acceptors (Lipinski definition) is 5. The molecule has 0 spiro atoms. The average Bonchev–Trinajstić information content (AvgIpc) is 3.16. The molecule has 4 rings (SSSR count). The Kier molecular flexibility index (Phi) is 3.24. The van der Waals surface area contributed by atoms with Gasteiger partial charge in [-0.15, -0.1) is 0 Å². The van der Waals surface area contributed by atoms with Crippen molar-refractivity contribution in [3.05, 3.63) is 51.2 Å². The number of hydrogen-bond donors (Lipinski definition) is 1. The predicted octanol–water partition coefficient (Wildman–Crippen LogP) is -0.466. The molecule has 2 aromatic heterocycles. The maximum absolute atomic E-state index is 12.8. The van der Waals surface area contributed by atoms with Gasteiger partial charge in [-0.25, -0.2) is 9.36 Å². The Morgan fingerprint density at radius 2 is 1.92 bits per heavy atom. The summed E-state index contributed by atoms with van der Waals surface area (Å²) in [4.78, 5) is 42.9. The number of aryl methyl sites for hydroxylation is 1. The highest BCUT2D eigenvalue weighted by Gasteiger charge is 2.28. The molecule has 0 saturated carbocycles. The van der Waals surface area contributed by atoms with Crippen LogP contribution in [0, 0.1) is 0 Å². The van der Waals surface area contributed by atoms with Gasteiger partial charge in [-0.3, -0.25) is 14.2 Å². The van der Waals surface area contributed by atoms with Crippen molar-refractivity contribution >= 4 is 28.7 Å². The summed E-state index contributed by atoms with van der Waals surface area (Å²) in [6.45, 7) is 0.773. The summed E-state index contributed by atoms with van der Waals surface area (Å²) in [6, 6.07) is 9.69. The third-order valence-corrected chi connectivity index (χ3v) is 4.38. The molecule has 1 amide bonds. The molecule has 2 N–H and O–H groups in total. The molecule has 0 atom stereocenters. The van der Waals surface area contributed by atoms with Gasteiger partial charge in [0.15, 0.2) is 11.2 Å². The minimum Gasteiger partial charge on any atom is -0.368 e. The Bertz CT molecular complexity index is 1110. The number of nitrogens with two attached hydrogens (primary N) is 1. The number of para-hydroxylation sites is 1. The number of primary amides is 1. The summed E-state index contributed by atoms with van der Waals surface area (Å²) in [6.07, 6.45) is 0. The monoisotopic (exact) mass is 340 g/mol. The van der Waals surface area contributed by atoms with Gasteiger partial charge in [0.2, 0.25) is 11.9 Å². The van der Waals surface area contributed by atoms with E-state index in [1.807, 2.05) is 35.2 Å². The van der Waals surface area contributed by atoms with E-state index in [2.05, 4.69) is 4.98 Å². The van der Waals surface area contributed by atoms with Crippen LogP contribution < -0.4 is 21.9 Å². The van der Waals surface area contributed by atoms with E-state index in [0.717, 1.165) is 10.3 Å². The van der Waals surface area contributed by atoms with Crippen LogP contribution in [0.1, 0.15) is 0 Å². The van der Waals surface area contributed by atoms with Gasteiger partial charge >= 0.3 is 5.69 Å². The highest BCUT2D eigenvalue weighted by atomic mass is 16.2. The van der Waals surface area contributed by atoms with E-state index in [0.29, 0.717) is 30.2 Å². The van der Waals surface area contributed by atoms with E-state index in [4.69, 9.17) is 5.73 Å². The lowest BCUT2D eigenvalue weighted by atomic mass is 10.3. The third-order valence-electron chi connectivity index (χ3n) is 4.38. The summed E-state index contributed by atoms with van der Waals surface area (Å²) in [5, 5.41) is 0. The number of fused-ring (bicyclic) bond motifs is 3. The van der Waals surface area contributed by atoms with Crippen LogP contribution in [0.2, 0.25) is 0 Å². The van der Waals surface area contributed by atoms with Crippen molar-refractivity contribution in [3.63, 3.8) is 0 Å². The van der Waals surface area contributed by atoms with Crippen LogP contribution in [0.15, 0.2) is 39.9 Å². The Balaban J connectivity index is 1.98. The lowest BCUT2D eigenvalue weighted by Gasteiger charge is -2.15. The zero-order chi connectivity index (χ0) is 17.7. The molecule has 0 radical (unpaired) electrons. The summed E-state index contributed by atoms with van der Waals surface area (Å²) < 4.78 is 3.90. The first kappa shape index (κ1) is 15.2. The Morgan fingerprint density at radius 1 is 1.20 bits per heavy atom. The average molecular weight is 340 g/mol. The van der Waals surface area contributed by atoms with Crippen LogP contribution >= 0.6 is 0 Å². The summed E-state index contributed by atoms with van der Waals surface area (Å²) in [5.41, 5.74) is 5.56. The number of rotatable bonds is 3. The molecule has 1 aromatic carbocycles. The molecule has 0 aliphatic carbocycles. The second-order valence-corrected chi connectivity index (χ2v) is 5.92. The van der Waals surface area contributed by atoms with E-state index < -0.39 is 23.7 Å². The first-order chi connectivity index (χ1) is 12.0. The van der Waals surface area contributed by atoms with Crippen molar-refractivity contribution in [3.8, 4) is 0 Å². The van der Waals surface area contributed by atoms with Crippen LogP contribution in [0.4, 0.5) is 11.6 Å². The molecule has 1 aliphatic rings. The van der Waals surface area contributed by atoms with Gasteiger partial charge in [-0.05, 0) is 12.1 Å². The maximum atomic E-state index is 12.8. The Labute approximate surface area is 141 Å². The highest BCUT2D eigenvalue weighted by Crippen LogP contribution is 2.31. The quantitative estimate of drug-likeness (QED) is 0.694. The molecule has 9 nitrogen and oxygen atoms in total. The van der Waals surface area contributed by atoms with Crippen molar-refractivity contribution in [1.82, 2.24) is 18.7 Å². The molecular formula is C16H16N6O3. The van der Waals surface area contributed by atoms with Crippen molar-refractivity contribution in [2.45, 2.75) is 13.1 Å². The number of amides is 1. The standard InChI is InChI=1S/C16H16N6O3/c1-19-13-12(14(24)22(16(19)25)9-11(17)23)21-8-7-20(15(21)18-13)10-5-3-2-4-6-10/h2-6H,7-9H2,1H3,(H2,17,23).